The Hall–Kier alpha value is -4.55. The van der Waals surface area contributed by atoms with Crippen LogP contribution >= 0.6 is 0 Å². The molecule has 3 aliphatic rings. The van der Waals surface area contributed by atoms with Gasteiger partial charge in [-0.15, -0.1) is 0 Å². The van der Waals surface area contributed by atoms with E-state index in [9.17, 15) is 22.4 Å². The van der Waals surface area contributed by atoms with E-state index in [1.807, 2.05) is 12.1 Å². The summed E-state index contributed by atoms with van der Waals surface area (Å²) in [6, 6.07) is 7.45. The lowest BCUT2D eigenvalue weighted by atomic mass is 9.94. The van der Waals surface area contributed by atoms with E-state index in [1.54, 1.807) is 12.3 Å². The third-order valence-corrected chi connectivity index (χ3v) is 8.17. The molecule has 1 N–H and O–H groups in total. The lowest BCUT2D eigenvalue weighted by Crippen LogP contribution is -2.35. The van der Waals surface area contributed by atoms with E-state index in [1.165, 1.54) is 12.5 Å². The van der Waals surface area contributed by atoms with Gasteiger partial charge in [0.1, 0.15) is 35.9 Å². The number of nitrogens with zero attached hydrogens (tertiary/aromatic N) is 5. The summed E-state index contributed by atoms with van der Waals surface area (Å²) < 4.78 is 86.5. The van der Waals surface area contributed by atoms with Crippen molar-refractivity contribution in [2.75, 3.05) is 0 Å². The van der Waals surface area contributed by atoms with Crippen molar-refractivity contribution in [2.24, 2.45) is 10.9 Å². The molecule has 7 nitrogen and oxygen atoms in total. The Morgan fingerprint density at radius 2 is 1.88 bits per heavy atom. The number of hydrogen-bond donors (Lipinski definition) is 1. The van der Waals surface area contributed by atoms with Gasteiger partial charge < -0.3 is 5.32 Å². The fourth-order valence-corrected chi connectivity index (χ4v) is 6.32. The quantitative estimate of drug-likeness (QED) is 0.248. The minimum atomic E-state index is -3.40. The molecule has 3 heterocycles. The highest BCUT2D eigenvalue weighted by molar-refractivity contribution is 5.87. The van der Waals surface area contributed by atoms with Gasteiger partial charge in [-0.2, -0.15) is 13.9 Å². The van der Waals surface area contributed by atoms with Gasteiger partial charge in [0.25, 0.3) is 12.3 Å². The van der Waals surface area contributed by atoms with Gasteiger partial charge in [0.05, 0.1) is 17.4 Å². The van der Waals surface area contributed by atoms with Crippen LogP contribution in [0.3, 0.4) is 0 Å². The van der Waals surface area contributed by atoms with Crippen LogP contribution in [0, 0.1) is 17.6 Å². The van der Waals surface area contributed by atoms with Gasteiger partial charge in [0, 0.05) is 47.5 Å². The van der Waals surface area contributed by atoms with Crippen LogP contribution in [0.5, 0.6) is 0 Å². The maximum atomic E-state index is 15.1. The van der Waals surface area contributed by atoms with Crippen molar-refractivity contribution in [3.05, 3.63) is 94.3 Å². The van der Waals surface area contributed by atoms with Crippen LogP contribution in [0.25, 0.3) is 11.1 Å². The van der Waals surface area contributed by atoms with Crippen molar-refractivity contribution in [3.8, 4) is 11.1 Å². The highest BCUT2D eigenvalue weighted by Crippen LogP contribution is 2.68. The van der Waals surface area contributed by atoms with E-state index in [-0.39, 0.29) is 29.7 Å². The SMILES string of the molecule is O=C(Cn1nc(C(F)F)c2c1C(F)(F)C1CC21)N[C@@H](Cc1cc(F)cc(F)c1)c1ncncc1-c1cccc2c1N=CC2. The number of carbonyl (C=O) groups excluding carboxylic acids is 1. The zero-order valence-corrected chi connectivity index (χ0v) is 22.2. The number of aliphatic imine (C=N–C) groups is 1. The molecule has 4 aromatic rings. The van der Waals surface area contributed by atoms with Crippen molar-refractivity contribution in [1.82, 2.24) is 25.1 Å². The average Bonchev–Trinajstić information content (AvgIpc) is 3.34. The minimum Gasteiger partial charge on any atom is -0.346 e. The molecule has 2 aliphatic carbocycles. The third kappa shape index (κ3) is 4.66. The average molecular weight is 597 g/mol. The van der Waals surface area contributed by atoms with E-state index in [4.69, 9.17) is 0 Å². The Bertz CT molecular complexity index is 1780. The molecule has 1 aliphatic heterocycles. The molecule has 1 saturated carbocycles. The number of amides is 1. The van der Waals surface area contributed by atoms with Crippen LogP contribution in [0.15, 0.2) is 53.9 Å². The summed E-state index contributed by atoms with van der Waals surface area (Å²) in [4.78, 5) is 26.4. The Morgan fingerprint density at radius 1 is 1.09 bits per heavy atom. The van der Waals surface area contributed by atoms with Crippen LogP contribution < -0.4 is 5.32 Å². The Morgan fingerprint density at radius 3 is 2.65 bits per heavy atom. The second-order valence-electron chi connectivity index (χ2n) is 10.9. The van der Waals surface area contributed by atoms with Crippen molar-refractivity contribution < 1.29 is 31.1 Å². The zero-order chi connectivity index (χ0) is 30.0. The first kappa shape index (κ1) is 27.3. The molecule has 1 amide bonds. The van der Waals surface area contributed by atoms with Crippen LogP contribution in [0.4, 0.5) is 32.0 Å². The van der Waals surface area contributed by atoms with Crippen molar-refractivity contribution in [1.29, 1.82) is 0 Å². The first-order chi connectivity index (χ1) is 20.6. The highest BCUT2D eigenvalue weighted by Gasteiger charge is 2.67. The lowest BCUT2D eigenvalue weighted by Gasteiger charge is -2.22. The minimum absolute atomic E-state index is 0.0909. The van der Waals surface area contributed by atoms with Crippen molar-refractivity contribution >= 4 is 17.8 Å². The first-order valence-corrected chi connectivity index (χ1v) is 13.6. The standard InChI is InChI=1S/C30H22F6N6O/c31-16-6-14(7-17(32)9-16)8-22(26-20(11-37-13-39-26)18-3-1-2-15-4-5-38-25(15)18)40-23(43)12-42-28-24(27(41-42)29(33)34)19-10-21(19)30(28,35)36/h1-3,5-7,9,11,13,19,21-22,29H,4,8,10,12H2,(H,40,43)/t19?,21?,22-/m0/s1. The number of para-hydroxylation sites is 1. The fourth-order valence-electron chi connectivity index (χ4n) is 6.32. The van der Waals surface area contributed by atoms with E-state index < -0.39 is 65.7 Å². The normalized spacial score (nSPS) is 19.7. The molecular formula is C30H22F6N6O. The maximum absolute atomic E-state index is 15.1. The molecule has 7 rings (SSSR count). The summed E-state index contributed by atoms with van der Waals surface area (Å²) in [6.45, 7) is -0.774. The van der Waals surface area contributed by atoms with Gasteiger partial charge in [0.15, 0.2) is 0 Å². The van der Waals surface area contributed by atoms with E-state index in [0.29, 0.717) is 34.0 Å². The summed E-state index contributed by atoms with van der Waals surface area (Å²) in [5.74, 6) is -7.67. The van der Waals surface area contributed by atoms with Gasteiger partial charge >= 0.3 is 0 Å². The maximum Gasteiger partial charge on any atom is 0.293 e. The van der Waals surface area contributed by atoms with Crippen LogP contribution in [0.1, 0.15) is 58.6 Å². The van der Waals surface area contributed by atoms with Crippen molar-refractivity contribution in [3.63, 3.8) is 0 Å². The number of rotatable bonds is 8. The van der Waals surface area contributed by atoms with Gasteiger partial charge in [-0.05, 0) is 42.0 Å². The fraction of sp³-hybridized carbons (Fsp3) is 0.300. The molecule has 0 radical (unpaired) electrons. The van der Waals surface area contributed by atoms with Gasteiger partial charge in [-0.25, -0.2) is 27.5 Å². The molecule has 0 saturated heterocycles. The third-order valence-electron chi connectivity index (χ3n) is 8.17. The van der Waals surface area contributed by atoms with Crippen LogP contribution in [-0.4, -0.2) is 31.9 Å². The number of alkyl halides is 4. The predicted molar refractivity (Wildman–Crippen MR) is 142 cm³/mol. The molecule has 13 heteroatoms. The molecule has 2 aromatic carbocycles. The number of fused-ring (bicyclic) bond motifs is 4. The molecule has 43 heavy (non-hydrogen) atoms. The zero-order valence-electron chi connectivity index (χ0n) is 22.2. The highest BCUT2D eigenvalue weighted by atomic mass is 19.3. The summed E-state index contributed by atoms with van der Waals surface area (Å²) in [5.41, 5.74) is 1.70. The Balaban J connectivity index is 1.26. The molecule has 3 atom stereocenters. The van der Waals surface area contributed by atoms with Crippen LogP contribution in [-0.2, 0) is 30.1 Å². The number of aromatic nitrogens is 4. The number of carbonyl (C=O) groups is 1. The number of benzene rings is 2. The second-order valence-corrected chi connectivity index (χ2v) is 10.9. The van der Waals surface area contributed by atoms with Crippen LogP contribution in [0.2, 0.25) is 0 Å². The molecule has 220 valence electrons. The van der Waals surface area contributed by atoms with E-state index in [2.05, 4.69) is 25.4 Å². The number of nitrogens with one attached hydrogen (secondary N) is 1. The van der Waals surface area contributed by atoms with Crippen molar-refractivity contribution in [2.45, 2.75) is 50.1 Å². The van der Waals surface area contributed by atoms with E-state index >= 15 is 8.78 Å². The predicted octanol–water partition coefficient (Wildman–Crippen LogP) is 6.12. The van der Waals surface area contributed by atoms with E-state index in [0.717, 1.165) is 17.7 Å². The molecular weight excluding hydrogens is 574 g/mol. The number of hydrogen-bond acceptors (Lipinski definition) is 5. The molecule has 0 spiro atoms. The topological polar surface area (TPSA) is 85.1 Å². The summed E-state index contributed by atoms with van der Waals surface area (Å²) in [7, 11) is 0. The largest absolute Gasteiger partial charge is 0.346 e. The summed E-state index contributed by atoms with van der Waals surface area (Å²) in [6.07, 6.45) is 2.02. The summed E-state index contributed by atoms with van der Waals surface area (Å²) >= 11 is 0. The smallest absolute Gasteiger partial charge is 0.293 e. The first-order valence-electron chi connectivity index (χ1n) is 13.6. The van der Waals surface area contributed by atoms with Gasteiger partial charge in [-0.3, -0.25) is 14.5 Å². The molecule has 2 unspecified atom stereocenters. The monoisotopic (exact) mass is 596 g/mol. The molecule has 2 aromatic heterocycles. The summed E-state index contributed by atoms with van der Waals surface area (Å²) in [5, 5.41) is 6.44. The molecule has 1 fully saturated rings. The Labute approximate surface area is 240 Å². The lowest BCUT2D eigenvalue weighted by molar-refractivity contribution is -0.123. The number of halogens is 6. The second kappa shape index (κ2) is 10.0. The van der Waals surface area contributed by atoms with Gasteiger partial charge in [-0.1, -0.05) is 18.2 Å². The molecule has 0 bridgehead atoms. The van der Waals surface area contributed by atoms with Gasteiger partial charge in [0.2, 0.25) is 5.91 Å². The Kier molecular flexibility index (Phi) is 6.36.